The van der Waals surface area contributed by atoms with Gasteiger partial charge >= 0.3 is 0 Å². The Hall–Kier alpha value is -1.52. The minimum atomic E-state index is -0.776. The fraction of sp³-hybridized carbons (Fsp3) is 0.250. The number of rotatable bonds is 3. The van der Waals surface area contributed by atoms with Crippen molar-refractivity contribution in [3.05, 3.63) is 46.7 Å². The van der Waals surface area contributed by atoms with Crippen LogP contribution in [0.4, 0.5) is 0 Å². The lowest BCUT2D eigenvalue weighted by Gasteiger charge is -2.10. The molecule has 1 heterocycles. The van der Waals surface area contributed by atoms with Gasteiger partial charge in [0.05, 0.1) is 17.8 Å². The minimum absolute atomic E-state index is 0.518. The number of hydrogen-bond donors (Lipinski definition) is 1. The van der Waals surface area contributed by atoms with E-state index in [1.807, 2.05) is 0 Å². The topological polar surface area (TPSA) is 47.3 Å². The number of hydrogen-bond acceptors (Lipinski definition) is 3. The highest BCUT2D eigenvalue weighted by Crippen LogP contribution is 2.29. The van der Waals surface area contributed by atoms with Crippen molar-refractivity contribution in [2.75, 3.05) is 7.11 Å². The molecule has 0 saturated heterocycles. The molecule has 5 heteroatoms. The highest BCUT2D eigenvalue weighted by atomic mass is 35.5. The van der Waals surface area contributed by atoms with Crippen molar-refractivity contribution in [3.63, 3.8) is 0 Å². The van der Waals surface area contributed by atoms with Crippen LogP contribution < -0.4 is 4.74 Å². The first-order valence-electron chi connectivity index (χ1n) is 5.13. The smallest absolute Gasteiger partial charge is 0.137 e. The summed E-state index contributed by atoms with van der Waals surface area (Å²) in [4.78, 5) is 0. The third kappa shape index (κ3) is 2.43. The Balaban J connectivity index is 2.34. The highest BCUT2D eigenvalue weighted by Gasteiger charge is 2.14. The monoisotopic (exact) mass is 252 g/mol. The zero-order valence-corrected chi connectivity index (χ0v) is 10.3. The van der Waals surface area contributed by atoms with E-state index in [0.717, 1.165) is 0 Å². The van der Waals surface area contributed by atoms with Gasteiger partial charge in [0.1, 0.15) is 11.9 Å². The molecule has 0 aliphatic heterocycles. The highest BCUT2D eigenvalue weighted by molar-refractivity contribution is 6.32. The summed E-state index contributed by atoms with van der Waals surface area (Å²) >= 11 is 5.92. The van der Waals surface area contributed by atoms with E-state index in [0.29, 0.717) is 22.0 Å². The van der Waals surface area contributed by atoms with Gasteiger partial charge in [-0.1, -0.05) is 17.7 Å². The van der Waals surface area contributed by atoms with E-state index < -0.39 is 6.10 Å². The first-order valence-corrected chi connectivity index (χ1v) is 5.50. The molecule has 1 unspecified atom stereocenters. The third-order valence-corrected chi connectivity index (χ3v) is 2.82. The van der Waals surface area contributed by atoms with E-state index in [9.17, 15) is 5.11 Å². The predicted octanol–water partition coefficient (Wildman–Crippen LogP) is 2.16. The van der Waals surface area contributed by atoms with Gasteiger partial charge in [0, 0.05) is 13.2 Å². The maximum Gasteiger partial charge on any atom is 0.137 e. The molecule has 1 aromatic heterocycles. The number of aromatic nitrogens is 2. The van der Waals surface area contributed by atoms with Gasteiger partial charge in [0.15, 0.2) is 0 Å². The Labute approximate surface area is 104 Å². The summed E-state index contributed by atoms with van der Waals surface area (Å²) in [5.74, 6) is 0.541. The lowest BCUT2D eigenvalue weighted by Crippen LogP contribution is -2.02. The minimum Gasteiger partial charge on any atom is -0.495 e. The van der Waals surface area contributed by atoms with E-state index in [-0.39, 0.29) is 0 Å². The molecule has 0 spiro atoms. The molecule has 2 rings (SSSR count). The molecule has 0 bridgehead atoms. The summed E-state index contributed by atoms with van der Waals surface area (Å²) in [7, 11) is 3.34. The molecule has 90 valence electrons. The zero-order chi connectivity index (χ0) is 12.4. The summed E-state index contributed by atoms with van der Waals surface area (Å²) < 4.78 is 6.75. The van der Waals surface area contributed by atoms with Crippen LogP contribution in [0.1, 0.15) is 17.4 Å². The molecule has 2 aromatic rings. The molecule has 1 atom stereocenters. The second-order valence-corrected chi connectivity index (χ2v) is 4.12. The molecule has 0 aliphatic carbocycles. The van der Waals surface area contributed by atoms with Crippen LogP contribution in [0.15, 0.2) is 30.5 Å². The molecule has 4 nitrogen and oxygen atoms in total. The van der Waals surface area contributed by atoms with Gasteiger partial charge in [-0.2, -0.15) is 5.10 Å². The number of aliphatic hydroxyl groups excluding tert-OH is 1. The lowest BCUT2D eigenvalue weighted by atomic mass is 10.1. The quantitative estimate of drug-likeness (QED) is 0.911. The SMILES string of the molecule is COc1cc(C(O)c2ccn(C)n2)ccc1Cl. The Morgan fingerprint density at radius 3 is 2.76 bits per heavy atom. The van der Waals surface area contributed by atoms with Crippen molar-refractivity contribution in [2.45, 2.75) is 6.10 Å². The third-order valence-electron chi connectivity index (χ3n) is 2.51. The van der Waals surface area contributed by atoms with Gasteiger partial charge in [-0.25, -0.2) is 0 Å². The number of aryl methyl sites for hydroxylation is 1. The maximum absolute atomic E-state index is 10.1. The molecule has 1 N–H and O–H groups in total. The van der Waals surface area contributed by atoms with Gasteiger partial charge < -0.3 is 9.84 Å². The van der Waals surface area contributed by atoms with E-state index in [2.05, 4.69) is 5.10 Å². The van der Waals surface area contributed by atoms with Gasteiger partial charge in [-0.3, -0.25) is 4.68 Å². The number of ether oxygens (including phenoxy) is 1. The summed E-state index contributed by atoms with van der Waals surface area (Å²) in [5, 5.41) is 14.8. The Kier molecular flexibility index (Phi) is 3.36. The fourth-order valence-electron chi connectivity index (χ4n) is 1.60. The molecular formula is C12H13ClN2O2. The normalized spacial score (nSPS) is 12.5. The first-order chi connectivity index (χ1) is 8.11. The van der Waals surface area contributed by atoms with Crippen molar-refractivity contribution < 1.29 is 9.84 Å². The number of methoxy groups -OCH3 is 1. The predicted molar refractivity (Wildman–Crippen MR) is 65.3 cm³/mol. The molecule has 0 amide bonds. The summed E-state index contributed by atoms with van der Waals surface area (Å²) in [6.07, 6.45) is 1.01. The fourth-order valence-corrected chi connectivity index (χ4v) is 1.79. The molecule has 0 radical (unpaired) electrons. The van der Waals surface area contributed by atoms with Crippen LogP contribution in [0.25, 0.3) is 0 Å². The molecule has 1 aromatic carbocycles. The standard InChI is InChI=1S/C12H13ClN2O2/c1-15-6-5-10(14-15)12(16)8-3-4-9(13)11(7-8)17-2/h3-7,12,16H,1-2H3. The average molecular weight is 253 g/mol. The van der Waals surface area contributed by atoms with E-state index >= 15 is 0 Å². The van der Waals surface area contributed by atoms with Crippen molar-refractivity contribution in [1.82, 2.24) is 9.78 Å². The number of halogens is 1. The van der Waals surface area contributed by atoms with Crippen LogP contribution in [-0.2, 0) is 7.05 Å². The van der Waals surface area contributed by atoms with Crippen LogP contribution >= 0.6 is 11.6 Å². The van der Waals surface area contributed by atoms with Gasteiger partial charge in [0.2, 0.25) is 0 Å². The summed E-state index contributed by atoms with van der Waals surface area (Å²) in [5.41, 5.74) is 1.29. The Morgan fingerprint density at radius 2 is 2.18 bits per heavy atom. The lowest BCUT2D eigenvalue weighted by molar-refractivity contribution is 0.214. The summed E-state index contributed by atoms with van der Waals surface area (Å²) in [6, 6.07) is 6.93. The molecular weight excluding hydrogens is 240 g/mol. The van der Waals surface area contributed by atoms with Crippen molar-refractivity contribution >= 4 is 11.6 Å². The van der Waals surface area contributed by atoms with Crippen LogP contribution in [0.5, 0.6) is 5.75 Å². The second kappa shape index (κ2) is 4.77. The van der Waals surface area contributed by atoms with Gasteiger partial charge in [0.25, 0.3) is 0 Å². The van der Waals surface area contributed by atoms with E-state index in [4.69, 9.17) is 16.3 Å². The van der Waals surface area contributed by atoms with Gasteiger partial charge in [-0.15, -0.1) is 0 Å². The molecule has 0 aliphatic rings. The number of nitrogens with zero attached hydrogens (tertiary/aromatic N) is 2. The molecule has 0 fully saturated rings. The van der Waals surface area contributed by atoms with Crippen LogP contribution in [0.3, 0.4) is 0 Å². The Bertz CT molecular complexity index is 525. The van der Waals surface area contributed by atoms with Crippen LogP contribution in [0, 0.1) is 0 Å². The Morgan fingerprint density at radius 1 is 1.41 bits per heavy atom. The van der Waals surface area contributed by atoms with Crippen molar-refractivity contribution in [1.29, 1.82) is 0 Å². The maximum atomic E-state index is 10.1. The van der Waals surface area contributed by atoms with Crippen molar-refractivity contribution in [2.24, 2.45) is 7.05 Å². The summed E-state index contributed by atoms with van der Waals surface area (Å²) in [6.45, 7) is 0. The number of aliphatic hydroxyl groups is 1. The van der Waals surface area contributed by atoms with E-state index in [1.165, 1.54) is 7.11 Å². The van der Waals surface area contributed by atoms with Gasteiger partial charge in [-0.05, 0) is 23.8 Å². The zero-order valence-electron chi connectivity index (χ0n) is 9.59. The van der Waals surface area contributed by atoms with Crippen LogP contribution in [0.2, 0.25) is 5.02 Å². The van der Waals surface area contributed by atoms with Crippen molar-refractivity contribution in [3.8, 4) is 5.75 Å². The first kappa shape index (κ1) is 12.0. The van der Waals surface area contributed by atoms with Crippen LogP contribution in [-0.4, -0.2) is 22.0 Å². The second-order valence-electron chi connectivity index (χ2n) is 3.71. The molecule has 0 saturated carbocycles. The largest absolute Gasteiger partial charge is 0.495 e. The van der Waals surface area contributed by atoms with E-state index in [1.54, 1.807) is 42.2 Å². The number of benzene rings is 1. The molecule has 17 heavy (non-hydrogen) atoms. The average Bonchev–Trinajstić information content (AvgIpc) is 2.75.